The van der Waals surface area contributed by atoms with E-state index in [0.717, 1.165) is 25.2 Å². The molecule has 0 fully saturated rings. The number of hydrogen-bond acceptors (Lipinski definition) is 3. The lowest BCUT2D eigenvalue weighted by Crippen LogP contribution is -1.99. The van der Waals surface area contributed by atoms with Gasteiger partial charge in [-0.25, -0.2) is 4.98 Å². The van der Waals surface area contributed by atoms with Crippen LogP contribution in [0.2, 0.25) is 0 Å². The number of aromatic nitrogens is 2. The largest absolute Gasteiger partial charge is 0.469 e. The summed E-state index contributed by atoms with van der Waals surface area (Å²) in [6, 6.07) is 0. The highest BCUT2D eigenvalue weighted by Gasteiger charge is 1.99. The molecule has 0 unspecified atom stereocenters. The van der Waals surface area contributed by atoms with E-state index in [1.54, 1.807) is 0 Å². The summed E-state index contributed by atoms with van der Waals surface area (Å²) in [5, 5.41) is 0. The van der Waals surface area contributed by atoms with E-state index in [1.165, 1.54) is 45.6 Å². The molecule has 4 nitrogen and oxygen atoms in total. The Morgan fingerprint density at radius 2 is 1.70 bits per heavy atom. The van der Waals surface area contributed by atoms with Gasteiger partial charge in [0.25, 0.3) is 0 Å². The van der Waals surface area contributed by atoms with Gasteiger partial charge in [-0.05, 0) is 19.8 Å². The Morgan fingerprint density at radius 3 is 2.25 bits per heavy atom. The molecule has 0 N–H and O–H groups in total. The van der Waals surface area contributed by atoms with Gasteiger partial charge in [-0.1, -0.05) is 38.5 Å². The second-order valence-electron chi connectivity index (χ2n) is 5.32. The predicted molar refractivity (Wildman–Crippen MR) is 80.5 cm³/mol. The van der Waals surface area contributed by atoms with E-state index >= 15 is 0 Å². The van der Waals surface area contributed by atoms with Crippen LogP contribution in [0, 0.1) is 6.92 Å². The normalized spacial score (nSPS) is 10.7. The van der Waals surface area contributed by atoms with Crippen molar-refractivity contribution in [2.45, 2.75) is 71.3 Å². The van der Waals surface area contributed by atoms with Crippen molar-refractivity contribution >= 4 is 5.97 Å². The number of carbonyl (C=O) groups is 1. The smallest absolute Gasteiger partial charge is 0.305 e. The third-order valence-electron chi connectivity index (χ3n) is 3.68. The lowest BCUT2D eigenvalue weighted by Gasteiger charge is -2.05. The molecule has 0 atom stereocenters. The van der Waals surface area contributed by atoms with E-state index in [2.05, 4.69) is 20.5 Å². The molecule has 1 heterocycles. The number of methoxy groups -OCH3 is 1. The molecule has 0 bridgehead atoms. The minimum Gasteiger partial charge on any atom is -0.469 e. The van der Waals surface area contributed by atoms with Crippen molar-refractivity contribution in [3.63, 3.8) is 0 Å². The van der Waals surface area contributed by atoms with Crippen LogP contribution in [0.15, 0.2) is 12.4 Å². The van der Waals surface area contributed by atoms with Crippen molar-refractivity contribution < 1.29 is 9.53 Å². The Bertz CT molecular complexity index is 374. The third kappa shape index (κ3) is 7.31. The van der Waals surface area contributed by atoms with E-state index in [9.17, 15) is 4.79 Å². The summed E-state index contributed by atoms with van der Waals surface area (Å²) in [6.07, 6.45) is 14.3. The standard InChI is InChI=1S/C16H28N2O2/c1-15-17-12-14-18(15)13-10-8-6-4-3-5-7-9-11-16(19)20-2/h12,14H,3-11,13H2,1-2H3. The number of unbranched alkanes of at least 4 members (excludes halogenated alkanes) is 7. The van der Waals surface area contributed by atoms with Crippen LogP contribution in [0.1, 0.15) is 63.6 Å². The average Bonchev–Trinajstić information content (AvgIpc) is 2.86. The van der Waals surface area contributed by atoms with Crippen LogP contribution in [0.3, 0.4) is 0 Å². The molecule has 20 heavy (non-hydrogen) atoms. The molecule has 0 amide bonds. The van der Waals surface area contributed by atoms with E-state index < -0.39 is 0 Å². The number of esters is 1. The zero-order valence-electron chi connectivity index (χ0n) is 12.9. The van der Waals surface area contributed by atoms with Crippen LogP contribution in [0.25, 0.3) is 0 Å². The van der Waals surface area contributed by atoms with Crippen molar-refractivity contribution in [1.29, 1.82) is 0 Å². The summed E-state index contributed by atoms with van der Waals surface area (Å²) in [4.78, 5) is 15.1. The van der Waals surface area contributed by atoms with Crippen LogP contribution in [0.5, 0.6) is 0 Å². The van der Waals surface area contributed by atoms with Crippen LogP contribution < -0.4 is 0 Å². The maximum Gasteiger partial charge on any atom is 0.305 e. The average molecular weight is 280 g/mol. The minimum absolute atomic E-state index is 0.0835. The molecule has 0 saturated heterocycles. The predicted octanol–water partition coefficient (Wildman–Crippen LogP) is 3.88. The van der Waals surface area contributed by atoms with Crippen molar-refractivity contribution in [2.75, 3.05) is 7.11 Å². The first-order valence-corrected chi connectivity index (χ1v) is 7.78. The van der Waals surface area contributed by atoms with Crippen molar-refractivity contribution in [2.24, 2.45) is 0 Å². The zero-order chi connectivity index (χ0) is 14.6. The maximum absolute atomic E-state index is 10.9. The van der Waals surface area contributed by atoms with Gasteiger partial charge in [0.05, 0.1) is 7.11 Å². The number of carbonyl (C=O) groups excluding carboxylic acids is 1. The number of rotatable bonds is 11. The van der Waals surface area contributed by atoms with Gasteiger partial charge in [-0.3, -0.25) is 4.79 Å². The highest BCUT2D eigenvalue weighted by molar-refractivity contribution is 5.68. The summed E-state index contributed by atoms with van der Waals surface area (Å²) < 4.78 is 6.83. The number of aryl methyl sites for hydroxylation is 2. The van der Waals surface area contributed by atoms with E-state index in [-0.39, 0.29) is 5.97 Å². The molecule has 0 saturated carbocycles. The first kappa shape index (κ1) is 16.7. The Labute approximate surface area is 122 Å². The van der Waals surface area contributed by atoms with Crippen LogP contribution in [0.4, 0.5) is 0 Å². The lowest BCUT2D eigenvalue weighted by atomic mass is 10.1. The molecular formula is C16H28N2O2. The number of hydrogen-bond donors (Lipinski definition) is 0. The van der Waals surface area contributed by atoms with Crippen molar-refractivity contribution in [3.05, 3.63) is 18.2 Å². The zero-order valence-corrected chi connectivity index (χ0v) is 12.9. The van der Waals surface area contributed by atoms with Gasteiger partial charge < -0.3 is 9.30 Å². The fourth-order valence-corrected chi connectivity index (χ4v) is 2.35. The van der Waals surface area contributed by atoms with Crippen LogP contribution >= 0.6 is 0 Å². The quantitative estimate of drug-likeness (QED) is 0.456. The SMILES string of the molecule is COC(=O)CCCCCCCCCCn1ccnc1C. The fraction of sp³-hybridized carbons (Fsp3) is 0.750. The summed E-state index contributed by atoms with van der Waals surface area (Å²) in [6.45, 7) is 3.14. The molecule has 0 aliphatic heterocycles. The second kappa shape index (κ2) is 10.5. The highest BCUT2D eigenvalue weighted by Crippen LogP contribution is 2.10. The highest BCUT2D eigenvalue weighted by atomic mass is 16.5. The molecule has 0 spiro atoms. The number of imidazole rings is 1. The molecule has 0 aromatic carbocycles. The van der Waals surface area contributed by atoms with Gasteiger partial charge in [0.2, 0.25) is 0 Å². The van der Waals surface area contributed by atoms with E-state index in [0.29, 0.717) is 6.42 Å². The molecular weight excluding hydrogens is 252 g/mol. The molecule has 1 aromatic rings. The Balaban J connectivity index is 1.83. The van der Waals surface area contributed by atoms with Gasteiger partial charge in [-0.15, -0.1) is 0 Å². The summed E-state index contributed by atoms with van der Waals surface area (Å²) in [5.41, 5.74) is 0. The molecule has 0 aliphatic rings. The topological polar surface area (TPSA) is 44.1 Å². The second-order valence-corrected chi connectivity index (χ2v) is 5.32. The van der Waals surface area contributed by atoms with Crippen LogP contribution in [-0.2, 0) is 16.1 Å². The van der Waals surface area contributed by atoms with Gasteiger partial charge in [0.15, 0.2) is 0 Å². The van der Waals surface area contributed by atoms with Gasteiger partial charge in [0, 0.05) is 25.4 Å². The Hall–Kier alpha value is -1.32. The number of ether oxygens (including phenoxy) is 1. The first-order valence-electron chi connectivity index (χ1n) is 7.78. The maximum atomic E-state index is 10.9. The summed E-state index contributed by atoms with van der Waals surface area (Å²) in [7, 11) is 1.45. The molecule has 0 radical (unpaired) electrons. The van der Waals surface area contributed by atoms with Crippen molar-refractivity contribution in [3.8, 4) is 0 Å². The summed E-state index contributed by atoms with van der Waals surface area (Å²) in [5.74, 6) is 1.02. The minimum atomic E-state index is -0.0835. The van der Waals surface area contributed by atoms with Crippen molar-refractivity contribution in [1.82, 2.24) is 9.55 Å². The molecule has 0 aliphatic carbocycles. The Morgan fingerprint density at radius 1 is 1.10 bits per heavy atom. The molecule has 1 rings (SSSR count). The third-order valence-corrected chi connectivity index (χ3v) is 3.68. The lowest BCUT2D eigenvalue weighted by molar-refractivity contribution is -0.140. The number of nitrogens with zero attached hydrogens (tertiary/aromatic N) is 2. The summed E-state index contributed by atoms with van der Waals surface area (Å²) >= 11 is 0. The molecule has 4 heteroatoms. The Kier molecular flexibility index (Phi) is 8.76. The molecule has 114 valence electrons. The molecule has 1 aromatic heterocycles. The van der Waals surface area contributed by atoms with Gasteiger partial charge >= 0.3 is 5.97 Å². The van der Waals surface area contributed by atoms with E-state index in [4.69, 9.17) is 0 Å². The van der Waals surface area contributed by atoms with Gasteiger partial charge in [0.1, 0.15) is 5.82 Å². The first-order chi connectivity index (χ1) is 9.74. The fourth-order valence-electron chi connectivity index (χ4n) is 2.35. The van der Waals surface area contributed by atoms with Gasteiger partial charge in [-0.2, -0.15) is 0 Å². The monoisotopic (exact) mass is 280 g/mol. The van der Waals surface area contributed by atoms with E-state index in [1.807, 2.05) is 13.1 Å². The van der Waals surface area contributed by atoms with Crippen LogP contribution in [-0.4, -0.2) is 22.6 Å².